The van der Waals surface area contributed by atoms with Gasteiger partial charge in [0.05, 0.1) is 5.56 Å². The van der Waals surface area contributed by atoms with Crippen LogP contribution in [0.25, 0.3) is 0 Å². The Labute approximate surface area is 94.3 Å². The van der Waals surface area contributed by atoms with Crippen molar-refractivity contribution < 1.29 is 19.8 Å². The van der Waals surface area contributed by atoms with E-state index in [4.69, 9.17) is 10.2 Å². The second kappa shape index (κ2) is 9.67. The molecule has 5 heteroatoms. The number of carboxylic acids is 2. The molecule has 5 nitrogen and oxygen atoms in total. The number of carboxylic acid groups (broad SMARTS) is 2. The third kappa shape index (κ3) is 8.71. The van der Waals surface area contributed by atoms with E-state index in [0.717, 1.165) is 6.42 Å². The van der Waals surface area contributed by atoms with Crippen molar-refractivity contribution in [1.29, 1.82) is 0 Å². The lowest BCUT2D eigenvalue weighted by Crippen LogP contribution is -1.93. The molecule has 0 fully saturated rings. The molecule has 0 unspecified atom stereocenters. The van der Waals surface area contributed by atoms with Crippen LogP contribution >= 0.6 is 0 Å². The normalized spacial score (nSPS) is 8.06. The predicted molar refractivity (Wildman–Crippen MR) is 61.0 cm³/mol. The maximum absolute atomic E-state index is 10.2. The summed E-state index contributed by atoms with van der Waals surface area (Å²) in [6, 6.07) is 8.30. The fourth-order valence-corrected chi connectivity index (χ4v) is 0.795. The number of aliphatic carboxylic acids is 1. The zero-order valence-corrected chi connectivity index (χ0v) is 9.22. The van der Waals surface area contributed by atoms with Gasteiger partial charge in [-0.1, -0.05) is 25.1 Å². The number of carbonyl (C=O) groups is 2. The first-order valence-electron chi connectivity index (χ1n) is 4.58. The van der Waals surface area contributed by atoms with Gasteiger partial charge in [-0.15, -0.1) is 0 Å². The molecule has 0 spiro atoms. The molecule has 1 aromatic rings. The van der Waals surface area contributed by atoms with Gasteiger partial charge < -0.3 is 16.4 Å². The highest BCUT2D eigenvalue weighted by atomic mass is 16.4. The zero-order chi connectivity index (χ0) is 11.7. The van der Waals surface area contributed by atoms with Crippen LogP contribution in [0.5, 0.6) is 0 Å². The van der Waals surface area contributed by atoms with Crippen LogP contribution in [0.2, 0.25) is 0 Å². The largest absolute Gasteiger partial charge is 0.481 e. The highest BCUT2D eigenvalue weighted by Gasteiger charge is 1.96. The van der Waals surface area contributed by atoms with E-state index < -0.39 is 11.9 Å². The lowest BCUT2D eigenvalue weighted by Gasteiger charge is -1.88. The highest BCUT2D eigenvalue weighted by Crippen LogP contribution is 1.96. The molecule has 0 radical (unpaired) electrons. The third-order valence-electron chi connectivity index (χ3n) is 1.48. The van der Waals surface area contributed by atoms with E-state index in [9.17, 15) is 9.59 Å². The Balaban J connectivity index is 0. The fraction of sp³-hybridized carbons (Fsp3) is 0.273. The van der Waals surface area contributed by atoms with Crippen LogP contribution in [0, 0.1) is 0 Å². The molecule has 1 rings (SSSR count). The van der Waals surface area contributed by atoms with Gasteiger partial charge >= 0.3 is 11.9 Å². The maximum Gasteiger partial charge on any atom is 0.335 e. The number of hydrogen-bond acceptors (Lipinski definition) is 3. The quantitative estimate of drug-likeness (QED) is 0.734. The van der Waals surface area contributed by atoms with Gasteiger partial charge in [0.2, 0.25) is 0 Å². The fourth-order valence-electron chi connectivity index (χ4n) is 0.795. The van der Waals surface area contributed by atoms with Crippen LogP contribution in [0.3, 0.4) is 0 Å². The molecule has 0 heterocycles. The van der Waals surface area contributed by atoms with Gasteiger partial charge in [0.1, 0.15) is 0 Å². The van der Waals surface area contributed by atoms with E-state index in [1.807, 2.05) is 6.92 Å². The van der Waals surface area contributed by atoms with Gasteiger partial charge in [0.15, 0.2) is 0 Å². The second-order valence-corrected chi connectivity index (χ2v) is 2.81. The molecule has 0 atom stereocenters. The molecule has 0 amide bonds. The Kier molecular flexibility index (Phi) is 10.00. The zero-order valence-electron chi connectivity index (χ0n) is 9.22. The van der Waals surface area contributed by atoms with Crippen molar-refractivity contribution in [3.8, 4) is 0 Å². The second-order valence-electron chi connectivity index (χ2n) is 2.81. The van der Waals surface area contributed by atoms with Crippen LogP contribution in [0.1, 0.15) is 30.1 Å². The maximum atomic E-state index is 10.2. The Morgan fingerprint density at radius 2 is 1.62 bits per heavy atom. The molecule has 1 aromatic carbocycles. The SMILES string of the molecule is CCCC(=O)O.N.O=C(O)c1ccccc1. The summed E-state index contributed by atoms with van der Waals surface area (Å²) < 4.78 is 0. The Morgan fingerprint density at radius 1 is 1.12 bits per heavy atom. The van der Waals surface area contributed by atoms with Crippen molar-refractivity contribution in [3.63, 3.8) is 0 Å². The first-order chi connectivity index (χ1) is 7.07. The van der Waals surface area contributed by atoms with Crippen molar-refractivity contribution in [1.82, 2.24) is 6.15 Å². The van der Waals surface area contributed by atoms with Crippen LogP contribution < -0.4 is 6.15 Å². The molecule has 0 bridgehead atoms. The van der Waals surface area contributed by atoms with Crippen molar-refractivity contribution in [2.75, 3.05) is 0 Å². The minimum absolute atomic E-state index is 0. The number of rotatable bonds is 3. The summed E-state index contributed by atoms with van der Waals surface area (Å²) in [5, 5.41) is 16.3. The van der Waals surface area contributed by atoms with Crippen LogP contribution in [0.15, 0.2) is 30.3 Å². The Bertz CT molecular complexity index is 311. The topological polar surface area (TPSA) is 110 Å². The van der Waals surface area contributed by atoms with Gasteiger partial charge in [0.25, 0.3) is 0 Å². The summed E-state index contributed by atoms with van der Waals surface area (Å²) in [6.07, 6.45) is 1.02. The smallest absolute Gasteiger partial charge is 0.335 e. The summed E-state index contributed by atoms with van der Waals surface area (Å²) in [5.41, 5.74) is 0.331. The van der Waals surface area contributed by atoms with Crippen LogP contribution in [-0.4, -0.2) is 22.2 Å². The molecule has 16 heavy (non-hydrogen) atoms. The average molecular weight is 227 g/mol. The van der Waals surface area contributed by atoms with E-state index in [-0.39, 0.29) is 6.15 Å². The summed E-state index contributed by atoms with van der Waals surface area (Å²) in [5.74, 6) is -1.59. The lowest BCUT2D eigenvalue weighted by molar-refractivity contribution is -0.137. The van der Waals surface area contributed by atoms with Gasteiger partial charge in [0, 0.05) is 6.42 Å². The van der Waals surface area contributed by atoms with Gasteiger partial charge in [-0.25, -0.2) is 4.79 Å². The molecule has 5 N–H and O–H groups in total. The van der Waals surface area contributed by atoms with E-state index >= 15 is 0 Å². The van der Waals surface area contributed by atoms with Gasteiger partial charge in [-0.3, -0.25) is 4.79 Å². The van der Waals surface area contributed by atoms with Crippen molar-refractivity contribution in [2.45, 2.75) is 19.8 Å². The first kappa shape index (κ1) is 16.5. The van der Waals surface area contributed by atoms with Gasteiger partial charge in [-0.2, -0.15) is 0 Å². The number of aromatic carboxylic acids is 1. The van der Waals surface area contributed by atoms with Crippen molar-refractivity contribution >= 4 is 11.9 Å². The molecule has 0 saturated heterocycles. The molecule has 0 saturated carbocycles. The summed E-state index contributed by atoms with van der Waals surface area (Å²) >= 11 is 0. The van der Waals surface area contributed by atoms with Gasteiger partial charge in [-0.05, 0) is 18.6 Å². The molecule has 0 aliphatic heterocycles. The monoisotopic (exact) mass is 227 g/mol. The Hall–Kier alpha value is -1.88. The van der Waals surface area contributed by atoms with E-state index in [1.165, 1.54) is 0 Å². The molecule has 0 aliphatic rings. The molecule has 0 aromatic heterocycles. The third-order valence-corrected chi connectivity index (χ3v) is 1.48. The summed E-state index contributed by atoms with van der Waals surface area (Å²) in [7, 11) is 0. The minimum atomic E-state index is -0.879. The van der Waals surface area contributed by atoms with E-state index in [2.05, 4.69) is 0 Å². The number of benzene rings is 1. The lowest BCUT2D eigenvalue weighted by atomic mass is 10.2. The van der Waals surface area contributed by atoms with Crippen molar-refractivity contribution in [3.05, 3.63) is 35.9 Å². The summed E-state index contributed by atoms with van der Waals surface area (Å²) in [6.45, 7) is 1.84. The van der Waals surface area contributed by atoms with Crippen LogP contribution in [0.4, 0.5) is 0 Å². The Morgan fingerprint density at radius 3 is 1.81 bits per heavy atom. The highest BCUT2D eigenvalue weighted by molar-refractivity contribution is 5.87. The predicted octanol–water partition coefficient (Wildman–Crippen LogP) is 2.42. The summed E-state index contributed by atoms with van der Waals surface area (Å²) in [4.78, 5) is 19.8. The average Bonchev–Trinajstić information content (AvgIpc) is 2.20. The molecule has 90 valence electrons. The van der Waals surface area contributed by atoms with E-state index in [1.54, 1.807) is 30.3 Å². The van der Waals surface area contributed by atoms with Crippen molar-refractivity contribution in [2.24, 2.45) is 0 Å². The molecule has 0 aliphatic carbocycles. The molecular weight excluding hydrogens is 210 g/mol. The number of hydrogen-bond donors (Lipinski definition) is 3. The van der Waals surface area contributed by atoms with Crippen LogP contribution in [-0.2, 0) is 4.79 Å². The first-order valence-corrected chi connectivity index (χ1v) is 4.58. The molecular formula is C11H17NO4. The minimum Gasteiger partial charge on any atom is -0.481 e. The standard InChI is InChI=1S/C7H6O2.C4H8O2.H3N/c8-7(9)6-4-2-1-3-5-6;1-2-3-4(5)6;/h1-5H,(H,8,9);2-3H2,1H3,(H,5,6);1H3. The van der Waals surface area contributed by atoms with E-state index in [0.29, 0.717) is 12.0 Å².